The molecule has 5 nitrogen and oxygen atoms in total. The van der Waals surface area contributed by atoms with E-state index in [0.717, 1.165) is 32.6 Å². The third-order valence-electron chi connectivity index (χ3n) is 3.64. The number of ether oxygens (including phenoxy) is 1. The van der Waals surface area contributed by atoms with Crippen LogP contribution in [-0.4, -0.2) is 62.3 Å². The summed E-state index contributed by atoms with van der Waals surface area (Å²) in [4.78, 5) is 14.7. The maximum absolute atomic E-state index is 12.4. The highest BCUT2D eigenvalue weighted by atomic mass is 16.5. The second-order valence-electron chi connectivity index (χ2n) is 6.15. The van der Waals surface area contributed by atoms with E-state index in [0.29, 0.717) is 5.92 Å². The summed E-state index contributed by atoms with van der Waals surface area (Å²) in [5.41, 5.74) is 0. The van der Waals surface area contributed by atoms with Gasteiger partial charge in [0, 0.05) is 19.6 Å². The van der Waals surface area contributed by atoms with Gasteiger partial charge < -0.3 is 15.4 Å². The summed E-state index contributed by atoms with van der Waals surface area (Å²) in [7, 11) is 1.93. The van der Waals surface area contributed by atoms with Gasteiger partial charge in [0.15, 0.2) is 0 Å². The summed E-state index contributed by atoms with van der Waals surface area (Å²) in [6, 6.07) is -0.0571. The van der Waals surface area contributed by atoms with Crippen LogP contribution in [0.2, 0.25) is 0 Å². The van der Waals surface area contributed by atoms with Crippen LogP contribution in [0.1, 0.15) is 34.1 Å². The zero-order valence-electron chi connectivity index (χ0n) is 13.6. The summed E-state index contributed by atoms with van der Waals surface area (Å²) in [5.74, 6) is 0.453. The van der Waals surface area contributed by atoms with E-state index >= 15 is 0 Å². The van der Waals surface area contributed by atoms with Gasteiger partial charge in [-0.1, -0.05) is 13.8 Å². The third-order valence-corrected chi connectivity index (χ3v) is 3.64. The van der Waals surface area contributed by atoms with Crippen LogP contribution >= 0.6 is 0 Å². The smallest absolute Gasteiger partial charge is 0.237 e. The fourth-order valence-corrected chi connectivity index (χ4v) is 2.92. The molecule has 1 amide bonds. The Kier molecular flexibility index (Phi) is 7.48. The van der Waals surface area contributed by atoms with E-state index in [1.807, 2.05) is 7.05 Å². The molecule has 1 saturated heterocycles. The number of nitrogens with one attached hydrogen (secondary N) is 2. The topological polar surface area (TPSA) is 53.6 Å². The second kappa shape index (κ2) is 8.60. The molecule has 0 saturated carbocycles. The first kappa shape index (κ1) is 17.4. The molecule has 3 atom stereocenters. The van der Waals surface area contributed by atoms with Gasteiger partial charge in [0.2, 0.25) is 5.91 Å². The molecule has 5 heteroatoms. The molecular formula is C15H31N3O2. The molecule has 0 bridgehead atoms. The molecular weight excluding hydrogens is 254 g/mol. The van der Waals surface area contributed by atoms with Crippen LogP contribution in [-0.2, 0) is 9.53 Å². The monoisotopic (exact) mass is 285 g/mol. The summed E-state index contributed by atoms with van der Waals surface area (Å²) >= 11 is 0. The molecule has 1 fully saturated rings. The Morgan fingerprint density at radius 1 is 1.25 bits per heavy atom. The van der Waals surface area contributed by atoms with Gasteiger partial charge in [-0.15, -0.1) is 0 Å². The van der Waals surface area contributed by atoms with Crippen molar-refractivity contribution < 1.29 is 9.53 Å². The van der Waals surface area contributed by atoms with Crippen LogP contribution in [0.4, 0.5) is 0 Å². The molecule has 1 heterocycles. The molecule has 0 aromatic carbocycles. The third kappa shape index (κ3) is 5.38. The van der Waals surface area contributed by atoms with Crippen molar-refractivity contribution in [3.05, 3.63) is 0 Å². The van der Waals surface area contributed by atoms with Crippen molar-refractivity contribution in [2.75, 3.05) is 33.2 Å². The Labute approximate surface area is 123 Å². The van der Waals surface area contributed by atoms with E-state index in [1.165, 1.54) is 0 Å². The lowest BCUT2D eigenvalue weighted by atomic mass is 9.99. The molecule has 2 N–H and O–H groups in total. The molecule has 1 aliphatic rings. The van der Waals surface area contributed by atoms with Gasteiger partial charge in [-0.3, -0.25) is 9.69 Å². The van der Waals surface area contributed by atoms with Crippen molar-refractivity contribution in [3.63, 3.8) is 0 Å². The number of rotatable bonds is 7. The molecule has 3 unspecified atom stereocenters. The zero-order chi connectivity index (χ0) is 15.1. The van der Waals surface area contributed by atoms with Crippen LogP contribution in [0.5, 0.6) is 0 Å². The van der Waals surface area contributed by atoms with Crippen LogP contribution < -0.4 is 10.6 Å². The minimum absolute atomic E-state index is 0.0571. The lowest BCUT2D eigenvalue weighted by molar-refractivity contribution is -0.135. The highest BCUT2D eigenvalue weighted by molar-refractivity contribution is 5.82. The van der Waals surface area contributed by atoms with Gasteiger partial charge in [0.25, 0.3) is 0 Å². The standard InChI is InChI=1S/C15H31N3O2/c1-11(2)14(15(19)17-8-6-7-16-5)18-9-12(3)20-13(4)10-18/h11-14,16H,6-10H2,1-5H3,(H,17,19). The SMILES string of the molecule is CNCCCNC(=O)C(C(C)C)N1CC(C)OC(C)C1. The predicted molar refractivity (Wildman–Crippen MR) is 81.8 cm³/mol. The van der Waals surface area contributed by atoms with E-state index in [4.69, 9.17) is 4.74 Å². The Morgan fingerprint density at radius 2 is 1.85 bits per heavy atom. The second-order valence-corrected chi connectivity index (χ2v) is 6.15. The highest BCUT2D eigenvalue weighted by Gasteiger charge is 2.33. The number of hydrogen-bond acceptors (Lipinski definition) is 4. The number of hydrogen-bond donors (Lipinski definition) is 2. The molecule has 0 radical (unpaired) electrons. The van der Waals surface area contributed by atoms with Gasteiger partial charge >= 0.3 is 0 Å². The largest absolute Gasteiger partial charge is 0.373 e. The zero-order valence-corrected chi connectivity index (χ0v) is 13.6. The molecule has 118 valence electrons. The normalized spacial score (nSPS) is 25.7. The average Bonchev–Trinajstić information content (AvgIpc) is 2.33. The van der Waals surface area contributed by atoms with E-state index in [-0.39, 0.29) is 24.2 Å². The summed E-state index contributed by atoms with van der Waals surface area (Å²) in [6.45, 7) is 11.7. The minimum atomic E-state index is -0.0571. The first-order valence-corrected chi connectivity index (χ1v) is 7.77. The number of carbonyl (C=O) groups excluding carboxylic acids is 1. The maximum Gasteiger partial charge on any atom is 0.237 e. The molecule has 20 heavy (non-hydrogen) atoms. The summed E-state index contributed by atoms with van der Waals surface area (Å²) in [5, 5.41) is 6.15. The van der Waals surface area contributed by atoms with Gasteiger partial charge in [-0.25, -0.2) is 0 Å². The van der Waals surface area contributed by atoms with Crippen molar-refractivity contribution in [2.45, 2.75) is 52.4 Å². The Bertz CT molecular complexity index is 287. The van der Waals surface area contributed by atoms with Crippen molar-refractivity contribution in [1.29, 1.82) is 0 Å². The van der Waals surface area contributed by atoms with Crippen LogP contribution in [0.25, 0.3) is 0 Å². The fraction of sp³-hybridized carbons (Fsp3) is 0.933. The first-order chi connectivity index (χ1) is 9.45. The van der Waals surface area contributed by atoms with Gasteiger partial charge in [0.1, 0.15) is 0 Å². The predicted octanol–water partition coefficient (Wildman–Crippen LogP) is 0.846. The van der Waals surface area contributed by atoms with Crippen molar-refractivity contribution in [1.82, 2.24) is 15.5 Å². The summed E-state index contributed by atoms with van der Waals surface area (Å²) in [6.07, 6.45) is 1.34. The maximum atomic E-state index is 12.4. The van der Waals surface area contributed by atoms with Gasteiger partial charge in [0.05, 0.1) is 18.2 Å². The molecule has 0 aromatic rings. The van der Waals surface area contributed by atoms with Crippen LogP contribution in [0, 0.1) is 5.92 Å². The van der Waals surface area contributed by atoms with Gasteiger partial charge in [-0.2, -0.15) is 0 Å². The van der Waals surface area contributed by atoms with E-state index in [2.05, 4.69) is 43.2 Å². The Hall–Kier alpha value is -0.650. The van der Waals surface area contributed by atoms with E-state index < -0.39 is 0 Å². The lowest BCUT2D eigenvalue weighted by Crippen LogP contribution is -2.57. The number of amides is 1. The fourth-order valence-electron chi connectivity index (χ4n) is 2.92. The first-order valence-electron chi connectivity index (χ1n) is 7.77. The molecule has 0 aliphatic carbocycles. The number of carbonyl (C=O) groups is 1. The summed E-state index contributed by atoms with van der Waals surface area (Å²) < 4.78 is 5.76. The lowest BCUT2D eigenvalue weighted by Gasteiger charge is -2.41. The Balaban J connectivity index is 2.56. The van der Waals surface area contributed by atoms with Crippen molar-refractivity contribution >= 4 is 5.91 Å². The molecule has 1 rings (SSSR count). The minimum Gasteiger partial charge on any atom is -0.373 e. The molecule has 0 spiro atoms. The number of nitrogens with zero attached hydrogens (tertiary/aromatic N) is 1. The molecule has 0 aromatic heterocycles. The van der Waals surface area contributed by atoms with Gasteiger partial charge in [-0.05, 0) is 39.8 Å². The van der Waals surface area contributed by atoms with Crippen LogP contribution in [0.15, 0.2) is 0 Å². The quantitative estimate of drug-likeness (QED) is 0.681. The van der Waals surface area contributed by atoms with E-state index in [1.54, 1.807) is 0 Å². The number of morpholine rings is 1. The highest BCUT2D eigenvalue weighted by Crippen LogP contribution is 2.18. The van der Waals surface area contributed by atoms with Crippen molar-refractivity contribution in [2.24, 2.45) is 5.92 Å². The molecule has 1 aliphatic heterocycles. The van der Waals surface area contributed by atoms with Crippen molar-refractivity contribution in [3.8, 4) is 0 Å². The average molecular weight is 285 g/mol. The Morgan fingerprint density at radius 3 is 2.35 bits per heavy atom. The van der Waals surface area contributed by atoms with E-state index in [9.17, 15) is 4.79 Å². The van der Waals surface area contributed by atoms with Crippen LogP contribution in [0.3, 0.4) is 0 Å².